The lowest BCUT2D eigenvalue weighted by Gasteiger charge is -2.09. The van der Waals surface area contributed by atoms with Gasteiger partial charge in [-0.25, -0.2) is 4.39 Å². The first-order valence-corrected chi connectivity index (χ1v) is 5.84. The topological polar surface area (TPSA) is 64.9 Å². The molecule has 2 aromatic rings. The van der Waals surface area contributed by atoms with Crippen molar-refractivity contribution >= 4 is 0 Å². The maximum Gasteiger partial charge on any atom is 0.231 e. The SMILES string of the molecule is Cc1cc(F)cc(-c2noc(C(C)C(C)N)n2)c1. The number of nitrogens with zero attached hydrogens (tertiary/aromatic N) is 2. The van der Waals surface area contributed by atoms with E-state index in [1.807, 2.05) is 26.8 Å². The van der Waals surface area contributed by atoms with E-state index in [0.29, 0.717) is 17.3 Å². The van der Waals surface area contributed by atoms with Crippen molar-refractivity contribution in [3.63, 3.8) is 0 Å². The average Bonchev–Trinajstić information content (AvgIpc) is 2.75. The molecule has 0 bridgehead atoms. The highest BCUT2D eigenvalue weighted by Crippen LogP contribution is 2.22. The van der Waals surface area contributed by atoms with Crippen LogP contribution in [0.1, 0.15) is 31.2 Å². The molecule has 4 nitrogen and oxygen atoms in total. The summed E-state index contributed by atoms with van der Waals surface area (Å²) in [6.45, 7) is 5.61. The Hall–Kier alpha value is -1.75. The highest BCUT2D eigenvalue weighted by molar-refractivity contribution is 5.55. The number of rotatable bonds is 3. The van der Waals surface area contributed by atoms with Crippen LogP contribution in [0.4, 0.5) is 4.39 Å². The van der Waals surface area contributed by atoms with Gasteiger partial charge in [-0.2, -0.15) is 4.98 Å². The van der Waals surface area contributed by atoms with Gasteiger partial charge < -0.3 is 10.3 Å². The lowest BCUT2D eigenvalue weighted by Crippen LogP contribution is -2.22. The Labute approximate surface area is 105 Å². The van der Waals surface area contributed by atoms with Crippen molar-refractivity contribution in [1.82, 2.24) is 10.1 Å². The zero-order chi connectivity index (χ0) is 13.3. The van der Waals surface area contributed by atoms with Gasteiger partial charge >= 0.3 is 0 Å². The van der Waals surface area contributed by atoms with Crippen LogP contribution in [0.5, 0.6) is 0 Å². The van der Waals surface area contributed by atoms with Crippen LogP contribution in [-0.2, 0) is 0 Å². The zero-order valence-corrected chi connectivity index (χ0v) is 10.6. The van der Waals surface area contributed by atoms with Crippen molar-refractivity contribution in [2.45, 2.75) is 32.7 Å². The summed E-state index contributed by atoms with van der Waals surface area (Å²) in [6, 6.07) is 4.58. The molecule has 0 amide bonds. The fraction of sp³-hybridized carbons (Fsp3) is 0.385. The summed E-state index contributed by atoms with van der Waals surface area (Å²) in [5.41, 5.74) is 7.20. The summed E-state index contributed by atoms with van der Waals surface area (Å²) in [7, 11) is 0. The number of hydrogen-bond acceptors (Lipinski definition) is 4. The molecule has 2 atom stereocenters. The molecule has 2 N–H and O–H groups in total. The second kappa shape index (κ2) is 4.86. The molecule has 1 heterocycles. The van der Waals surface area contributed by atoms with Gasteiger partial charge in [0, 0.05) is 11.6 Å². The van der Waals surface area contributed by atoms with Gasteiger partial charge in [0.05, 0.1) is 5.92 Å². The van der Waals surface area contributed by atoms with Crippen LogP contribution in [0.2, 0.25) is 0 Å². The minimum atomic E-state index is -0.309. The predicted molar refractivity (Wildman–Crippen MR) is 66.5 cm³/mol. The summed E-state index contributed by atoms with van der Waals surface area (Å²) in [5, 5.41) is 3.86. The van der Waals surface area contributed by atoms with E-state index in [1.165, 1.54) is 12.1 Å². The Balaban J connectivity index is 2.35. The van der Waals surface area contributed by atoms with E-state index in [9.17, 15) is 4.39 Å². The van der Waals surface area contributed by atoms with Gasteiger partial charge in [0.25, 0.3) is 0 Å². The lowest BCUT2D eigenvalue weighted by atomic mass is 10.1. The van der Waals surface area contributed by atoms with Gasteiger partial charge in [-0.1, -0.05) is 12.1 Å². The summed E-state index contributed by atoms with van der Waals surface area (Å²) in [5.74, 6) is 0.527. The molecule has 0 radical (unpaired) electrons. The number of hydrogen-bond donors (Lipinski definition) is 1. The van der Waals surface area contributed by atoms with Gasteiger partial charge in [0.2, 0.25) is 11.7 Å². The van der Waals surface area contributed by atoms with Crippen molar-refractivity contribution in [1.29, 1.82) is 0 Å². The summed E-state index contributed by atoms with van der Waals surface area (Å²) in [6.07, 6.45) is 0. The fourth-order valence-corrected chi connectivity index (χ4v) is 1.63. The standard InChI is InChI=1S/C13H16FN3O/c1-7-4-10(6-11(14)5-7)12-16-13(18-17-12)8(2)9(3)15/h4-6,8-9H,15H2,1-3H3. The van der Waals surface area contributed by atoms with Crippen molar-refractivity contribution < 1.29 is 8.91 Å². The van der Waals surface area contributed by atoms with Gasteiger partial charge in [-0.15, -0.1) is 0 Å². The Morgan fingerprint density at radius 3 is 2.61 bits per heavy atom. The zero-order valence-electron chi connectivity index (χ0n) is 10.6. The molecular formula is C13H16FN3O. The molecule has 0 aliphatic rings. The quantitative estimate of drug-likeness (QED) is 0.908. The lowest BCUT2D eigenvalue weighted by molar-refractivity contribution is 0.346. The second-order valence-corrected chi connectivity index (χ2v) is 4.62. The fourth-order valence-electron chi connectivity index (χ4n) is 1.63. The molecule has 0 saturated heterocycles. The maximum atomic E-state index is 13.3. The first-order valence-electron chi connectivity index (χ1n) is 5.84. The van der Waals surface area contributed by atoms with Crippen LogP contribution >= 0.6 is 0 Å². The largest absolute Gasteiger partial charge is 0.339 e. The Morgan fingerprint density at radius 2 is 2.00 bits per heavy atom. The van der Waals surface area contributed by atoms with Gasteiger partial charge in [-0.05, 0) is 37.6 Å². The van der Waals surface area contributed by atoms with E-state index in [0.717, 1.165) is 5.56 Å². The van der Waals surface area contributed by atoms with E-state index in [2.05, 4.69) is 10.1 Å². The smallest absolute Gasteiger partial charge is 0.231 e. The molecule has 0 aliphatic heterocycles. The molecule has 2 unspecified atom stereocenters. The molecule has 5 heteroatoms. The van der Waals surface area contributed by atoms with Gasteiger partial charge in [-0.3, -0.25) is 0 Å². The van der Waals surface area contributed by atoms with Crippen molar-refractivity contribution in [2.75, 3.05) is 0 Å². The van der Waals surface area contributed by atoms with Crippen LogP contribution < -0.4 is 5.73 Å². The van der Waals surface area contributed by atoms with E-state index in [1.54, 1.807) is 0 Å². The van der Waals surface area contributed by atoms with Crippen LogP contribution in [0.3, 0.4) is 0 Å². The molecule has 1 aromatic heterocycles. The number of nitrogens with two attached hydrogens (primary N) is 1. The molecule has 0 aliphatic carbocycles. The number of benzene rings is 1. The second-order valence-electron chi connectivity index (χ2n) is 4.62. The highest BCUT2D eigenvalue weighted by atomic mass is 19.1. The monoisotopic (exact) mass is 249 g/mol. The van der Waals surface area contributed by atoms with Crippen molar-refractivity contribution in [3.8, 4) is 11.4 Å². The molecule has 96 valence electrons. The first kappa shape index (κ1) is 12.7. The Morgan fingerprint density at radius 1 is 1.28 bits per heavy atom. The van der Waals surface area contributed by atoms with Gasteiger partial charge in [0.15, 0.2) is 0 Å². The molecule has 0 fully saturated rings. The van der Waals surface area contributed by atoms with E-state index < -0.39 is 0 Å². The summed E-state index contributed by atoms with van der Waals surface area (Å²) in [4.78, 5) is 4.26. The number of halogens is 1. The van der Waals surface area contributed by atoms with E-state index in [-0.39, 0.29) is 17.8 Å². The number of aromatic nitrogens is 2. The van der Waals surface area contributed by atoms with Crippen LogP contribution in [-0.4, -0.2) is 16.2 Å². The minimum Gasteiger partial charge on any atom is -0.339 e. The predicted octanol–water partition coefficient (Wildman–Crippen LogP) is 2.63. The van der Waals surface area contributed by atoms with Crippen LogP contribution in [0.25, 0.3) is 11.4 Å². The van der Waals surface area contributed by atoms with E-state index in [4.69, 9.17) is 10.3 Å². The molecular weight excluding hydrogens is 233 g/mol. The third-order valence-electron chi connectivity index (χ3n) is 2.92. The van der Waals surface area contributed by atoms with Crippen LogP contribution in [0, 0.1) is 12.7 Å². The van der Waals surface area contributed by atoms with Crippen molar-refractivity contribution in [2.24, 2.45) is 5.73 Å². The highest BCUT2D eigenvalue weighted by Gasteiger charge is 2.18. The molecule has 0 spiro atoms. The molecule has 0 saturated carbocycles. The van der Waals surface area contributed by atoms with Gasteiger partial charge in [0.1, 0.15) is 5.82 Å². The average molecular weight is 249 g/mol. The maximum absolute atomic E-state index is 13.3. The molecule has 18 heavy (non-hydrogen) atoms. The molecule has 2 rings (SSSR count). The first-order chi connectivity index (χ1) is 8.47. The third kappa shape index (κ3) is 2.56. The van der Waals surface area contributed by atoms with Crippen LogP contribution in [0.15, 0.2) is 22.7 Å². The minimum absolute atomic E-state index is 0.0269. The number of aryl methyl sites for hydroxylation is 1. The third-order valence-corrected chi connectivity index (χ3v) is 2.92. The Kier molecular flexibility index (Phi) is 3.43. The summed E-state index contributed by atoms with van der Waals surface area (Å²) >= 11 is 0. The Bertz CT molecular complexity index is 531. The summed E-state index contributed by atoms with van der Waals surface area (Å²) < 4.78 is 18.5. The van der Waals surface area contributed by atoms with E-state index >= 15 is 0 Å². The van der Waals surface area contributed by atoms with Crippen molar-refractivity contribution in [3.05, 3.63) is 35.5 Å². The normalized spacial score (nSPS) is 14.5. The molecule has 1 aromatic carbocycles.